The lowest BCUT2D eigenvalue weighted by Crippen LogP contribution is -2.01. The number of rotatable bonds is 2. The number of nitrogens with zero attached hydrogens (tertiary/aromatic N) is 1. The first kappa shape index (κ1) is 14.2. The quantitative estimate of drug-likeness (QED) is 0.738. The molecular formula is C17H11ClN2O2. The van der Waals surface area contributed by atoms with E-state index in [0.717, 1.165) is 22.0 Å². The van der Waals surface area contributed by atoms with Crippen molar-refractivity contribution >= 4 is 28.5 Å². The molecule has 3 aromatic rings. The van der Waals surface area contributed by atoms with E-state index in [0.29, 0.717) is 16.1 Å². The van der Waals surface area contributed by atoms with Crippen molar-refractivity contribution in [1.82, 2.24) is 4.98 Å². The Morgan fingerprint density at radius 2 is 2.09 bits per heavy atom. The van der Waals surface area contributed by atoms with E-state index in [9.17, 15) is 9.90 Å². The topological polar surface area (TPSA) is 76.9 Å². The maximum Gasteiger partial charge on any atom is 0.336 e. The summed E-state index contributed by atoms with van der Waals surface area (Å²) in [6, 6.07) is 10.7. The Labute approximate surface area is 131 Å². The molecule has 0 atom stereocenters. The molecule has 0 radical (unpaired) electrons. The molecule has 0 saturated heterocycles. The highest BCUT2D eigenvalue weighted by molar-refractivity contribution is 6.31. The van der Waals surface area contributed by atoms with Gasteiger partial charge in [-0.15, -0.1) is 0 Å². The maximum absolute atomic E-state index is 11.5. The van der Waals surface area contributed by atoms with Crippen LogP contribution < -0.4 is 0 Å². The third-order valence-electron chi connectivity index (χ3n) is 3.73. The minimum Gasteiger partial charge on any atom is -0.478 e. The Bertz CT molecular complexity index is 951. The number of benzene rings is 2. The lowest BCUT2D eigenvalue weighted by Gasteiger charge is -2.10. The smallest absolute Gasteiger partial charge is 0.336 e. The molecule has 4 nitrogen and oxygen atoms in total. The van der Waals surface area contributed by atoms with Crippen molar-refractivity contribution < 1.29 is 9.90 Å². The molecular weight excluding hydrogens is 300 g/mol. The van der Waals surface area contributed by atoms with E-state index in [4.69, 9.17) is 16.9 Å². The van der Waals surface area contributed by atoms with E-state index < -0.39 is 5.97 Å². The minimum absolute atomic E-state index is 0.235. The van der Waals surface area contributed by atoms with Gasteiger partial charge in [-0.1, -0.05) is 17.7 Å². The molecule has 1 aromatic heterocycles. The lowest BCUT2D eigenvalue weighted by atomic mass is 9.94. The van der Waals surface area contributed by atoms with Gasteiger partial charge in [0.25, 0.3) is 0 Å². The van der Waals surface area contributed by atoms with Crippen molar-refractivity contribution in [3.63, 3.8) is 0 Å². The first-order valence-corrected chi connectivity index (χ1v) is 6.94. The van der Waals surface area contributed by atoms with Gasteiger partial charge in [0, 0.05) is 17.1 Å². The monoisotopic (exact) mass is 310 g/mol. The summed E-state index contributed by atoms with van der Waals surface area (Å²) < 4.78 is 0. The number of nitrogens with one attached hydrogen (secondary N) is 1. The van der Waals surface area contributed by atoms with Crippen molar-refractivity contribution in [2.75, 3.05) is 0 Å². The van der Waals surface area contributed by atoms with Gasteiger partial charge in [0.1, 0.15) is 6.07 Å². The number of aromatic amines is 1. The molecule has 5 heteroatoms. The van der Waals surface area contributed by atoms with Crippen LogP contribution in [0, 0.1) is 18.3 Å². The fourth-order valence-electron chi connectivity index (χ4n) is 2.61. The number of nitriles is 1. The van der Waals surface area contributed by atoms with Crippen LogP contribution in [0.2, 0.25) is 5.02 Å². The number of carboxylic acid groups (broad SMARTS) is 1. The highest BCUT2D eigenvalue weighted by Gasteiger charge is 2.16. The largest absolute Gasteiger partial charge is 0.478 e. The van der Waals surface area contributed by atoms with Gasteiger partial charge in [-0.2, -0.15) is 5.26 Å². The summed E-state index contributed by atoms with van der Waals surface area (Å²) in [5.74, 6) is -0.982. The predicted molar refractivity (Wildman–Crippen MR) is 85.2 cm³/mol. The number of aromatic nitrogens is 1. The Morgan fingerprint density at radius 1 is 1.32 bits per heavy atom. The molecule has 0 saturated carbocycles. The first-order valence-electron chi connectivity index (χ1n) is 6.57. The first-order chi connectivity index (χ1) is 10.5. The summed E-state index contributed by atoms with van der Waals surface area (Å²) in [7, 11) is 0. The van der Waals surface area contributed by atoms with Crippen molar-refractivity contribution in [3.05, 3.63) is 58.2 Å². The second-order valence-electron chi connectivity index (χ2n) is 4.97. The van der Waals surface area contributed by atoms with Crippen LogP contribution in [0.25, 0.3) is 22.0 Å². The Morgan fingerprint density at radius 3 is 2.77 bits per heavy atom. The summed E-state index contributed by atoms with van der Waals surface area (Å²) in [6.45, 7) is 1.77. The van der Waals surface area contributed by atoms with Crippen LogP contribution in [0.4, 0.5) is 0 Å². The van der Waals surface area contributed by atoms with E-state index >= 15 is 0 Å². The summed E-state index contributed by atoms with van der Waals surface area (Å²) in [4.78, 5) is 14.5. The molecule has 0 aliphatic rings. The SMILES string of the molecule is Cc1c(C(=O)O)cc(-c2ccc(Cl)c(C#N)c2)c2cc[nH]c12. The average molecular weight is 311 g/mol. The molecule has 0 amide bonds. The van der Waals surface area contributed by atoms with Gasteiger partial charge in [0.15, 0.2) is 0 Å². The fraction of sp³-hybridized carbons (Fsp3) is 0.0588. The Hall–Kier alpha value is -2.77. The molecule has 0 aliphatic heterocycles. The van der Waals surface area contributed by atoms with Crippen LogP contribution in [0.1, 0.15) is 21.5 Å². The number of hydrogen-bond donors (Lipinski definition) is 2. The average Bonchev–Trinajstić information content (AvgIpc) is 2.98. The number of aromatic carboxylic acids is 1. The van der Waals surface area contributed by atoms with Crippen molar-refractivity contribution in [1.29, 1.82) is 5.26 Å². The van der Waals surface area contributed by atoms with E-state index in [-0.39, 0.29) is 5.56 Å². The van der Waals surface area contributed by atoms with Crippen molar-refractivity contribution in [2.45, 2.75) is 6.92 Å². The van der Waals surface area contributed by atoms with E-state index in [1.807, 2.05) is 12.1 Å². The van der Waals surface area contributed by atoms with Crippen molar-refractivity contribution in [3.8, 4) is 17.2 Å². The number of fused-ring (bicyclic) bond motifs is 1. The molecule has 2 N–H and O–H groups in total. The molecule has 0 spiro atoms. The second-order valence-corrected chi connectivity index (χ2v) is 5.38. The number of H-pyrrole nitrogens is 1. The van der Waals surface area contributed by atoms with Crippen LogP contribution in [-0.4, -0.2) is 16.1 Å². The molecule has 0 bridgehead atoms. The zero-order chi connectivity index (χ0) is 15.9. The van der Waals surface area contributed by atoms with Crippen LogP contribution in [0.15, 0.2) is 36.5 Å². The fourth-order valence-corrected chi connectivity index (χ4v) is 2.77. The summed E-state index contributed by atoms with van der Waals surface area (Å²) >= 11 is 5.97. The normalized spacial score (nSPS) is 10.6. The van der Waals surface area contributed by atoms with Crippen molar-refractivity contribution in [2.24, 2.45) is 0 Å². The summed E-state index contributed by atoms with van der Waals surface area (Å²) in [6.07, 6.45) is 1.77. The van der Waals surface area contributed by atoms with Crippen LogP contribution in [-0.2, 0) is 0 Å². The van der Waals surface area contributed by atoms with Gasteiger partial charge in [0.05, 0.1) is 16.1 Å². The number of halogens is 1. The number of aryl methyl sites for hydroxylation is 1. The van der Waals surface area contributed by atoms with Gasteiger partial charge in [-0.25, -0.2) is 4.79 Å². The Balaban J connectivity index is 2.36. The van der Waals surface area contributed by atoms with E-state index in [2.05, 4.69) is 4.98 Å². The Kier molecular flexibility index (Phi) is 3.36. The molecule has 1 heterocycles. The molecule has 108 valence electrons. The molecule has 2 aromatic carbocycles. The third kappa shape index (κ3) is 2.12. The van der Waals surface area contributed by atoms with Crippen LogP contribution in [0.5, 0.6) is 0 Å². The number of carbonyl (C=O) groups is 1. The second kappa shape index (κ2) is 5.21. The lowest BCUT2D eigenvalue weighted by molar-refractivity contribution is 0.0696. The third-order valence-corrected chi connectivity index (χ3v) is 4.06. The highest BCUT2D eigenvalue weighted by atomic mass is 35.5. The zero-order valence-electron chi connectivity index (χ0n) is 11.6. The molecule has 0 aliphatic carbocycles. The predicted octanol–water partition coefficient (Wildman–Crippen LogP) is 4.37. The van der Waals surface area contributed by atoms with Gasteiger partial charge >= 0.3 is 5.97 Å². The van der Waals surface area contributed by atoms with Gasteiger partial charge in [-0.05, 0) is 47.9 Å². The standard InChI is InChI=1S/C17H11ClN2O2/c1-9-13(17(21)22)7-14(12-4-5-20-16(9)12)10-2-3-15(18)11(6-10)8-19/h2-7,20H,1H3,(H,21,22). The van der Waals surface area contributed by atoms with Gasteiger partial charge < -0.3 is 10.1 Å². The number of carboxylic acids is 1. The highest BCUT2D eigenvalue weighted by Crippen LogP contribution is 2.34. The minimum atomic E-state index is -0.982. The zero-order valence-corrected chi connectivity index (χ0v) is 12.4. The molecule has 22 heavy (non-hydrogen) atoms. The number of hydrogen-bond acceptors (Lipinski definition) is 2. The molecule has 3 rings (SSSR count). The molecule has 0 fully saturated rings. The van der Waals surface area contributed by atoms with Gasteiger partial charge in [-0.3, -0.25) is 0 Å². The maximum atomic E-state index is 11.5. The van der Waals surface area contributed by atoms with E-state index in [1.54, 1.807) is 37.4 Å². The summed E-state index contributed by atoms with van der Waals surface area (Å²) in [5.41, 5.74) is 3.58. The van der Waals surface area contributed by atoms with Crippen LogP contribution in [0.3, 0.4) is 0 Å². The summed E-state index contributed by atoms with van der Waals surface area (Å²) in [5, 5.41) is 19.8. The molecule has 0 unspecified atom stereocenters. The van der Waals surface area contributed by atoms with Gasteiger partial charge in [0.2, 0.25) is 0 Å². The van der Waals surface area contributed by atoms with E-state index in [1.165, 1.54) is 0 Å². The van der Waals surface area contributed by atoms with Crippen LogP contribution >= 0.6 is 11.6 Å².